The van der Waals surface area contributed by atoms with E-state index < -0.39 is 0 Å². The number of H-pyrrole nitrogens is 1. The molecule has 1 aliphatic carbocycles. The quantitative estimate of drug-likeness (QED) is 0.454. The summed E-state index contributed by atoms with van der Waals surface area (Å²) in [5, 5.41) is 22.4. The average Bonchev–Trinajstić information content (AvgIpc) is 3.31. The zero-order valence-electron chi connectivity index (χ0n) is 17.3. The van der Waals surface area contributed by atoms with Gasteiger partial charge in [0.2, 0.25) is 5.91 Å². The highest BCUT2D eigenvalue weighted by Crippen LogP contribution is 2.29. The Balaban J connectivity index is 0.00000107. The van der Waals surface area contributed by atoms with Gasteiger partial charge in [-0.2, -0.15) is 5.26 Å². The van der Waals surface area contributed by atoms with Crippen LogP contribution in [0.25, 0.3) is 0 Å². The Morgan fingerprint density at radius 2 is 2.13 bits per heavy atom. The lowest BCUT2D eigenvalue weighted by Crippen LogP contribution is -2.45. The third-order valence-corrected chi connectivity index (χ3v) is 4.80. The first-order chi connectivity index (χ1) is 15.1. The molecule has 3 rings (SSSR count). The molecule has 31 heavy (non-hydrogen) atoms. The predicted octanol–water partition coefficient (Wildman–Crippen LogP) is 1.46. The molecule has 2 heterocycles. The molecule has 0 unspecified atom stereocenters. The molecule has 11 heteroatoms. The van der Waals surface area contributed by atoms with Crippen LogP contribution in [0.1, 0.15) is 44.1 Å². The maximum absolute atomic E-state index is 12.6. The van der Waals surface area contributed by atoms with Gasteiger partial charge in [-0.15, -0.1) is 0 Å². The van der Waals surface area contributed by atoms with Crippen molar-refractivity contribution in [2.45, 2.75) is 51.3 Å². The summed E-state index contributed by atoms with van der Waals surface area (Å²) in [6.45, 7) is 2.84. The first kappa shape index (κ1) is 23.8. The lowest BCUT2D eigenvalue weighted by atomic mass is 9.83. The maximum Gasteiger partial charge on any atom is 0.290 e. The van der Waals surface area contributed by atoms with Gasteiger partial charge in [0.25, 0.3) is 6.47 Å². The van der Waals surface area contributed by atoms with Gasteiger partial charge in [0.15, 0.2) is 11.5 Å². The molecule has 1 amide bonds. The molecule has 2 aromatic rings. The van der Waals surface area contributed by atoms with Crippen molar-refractivity contribution in [3.63, 3.8) is 0 Å². The molecule has 166 valence electrons. The molecule has 3 atom stereocenters. The van der Waals surface area contributed by atoms with E-state index in [4.69, 9.17) is 14.6 Å². The summed E-state index contributed by atoms with van der Waals surface area (Å²) in [6, 6.07) is 1.92. The number of nitriles is 1. The number of aromatic amines is 1. The van der Waals surface area contributed by atoms with Crippen LogP contribution in [0.4, 0.5) is 5.82 Å². The first-order valence-electron chi connectivity index (χ1n) is 10.1. The number of amides is 1. The molecule has 1 saturated carbocycles. The first-order valence-corrected chi connectivity index (χ1v) is 10.1. The van der Waals surface area contributed by atoms with Crippen molar-refractivity contribution in [2.24, 2.45) is 5.92 Å². The Hall–Kier alpha value is -3.52. The highest BCUT2D eigenvalue weighted by Gasteiger charge is 2.35. The van der Waals surface area contributed by atoms with Crippen LogP contribution in [0.3, 0.4) is 0 Å². The summed E-state index contributed by atoms with van der Waals surface area (Å²) < 4.78 is 6.00. The number of carbonyl (C=O) groups is 2. The van der Waals surface area contributed by atoms with E-state index in [9.17, 15) is 10.1 Å². The van der Waals surface area contributed by atoms with E-state index in [-0.39, 0.29) is 36.1 Å². The van der Waals surface area contributed by atoms with E-state index in [2.05, 4.69) is 37.5 Å². The van der Waals surface area contributed by atoms with Gasteiger partial charge in [0.1, 0.15) is 11.9 Å². The zero-order chi connectivity index (χ0) is 22.5. The predicted molar refractivity (Wildman–Crippen MR) is 111 cm³/mol. The molecule has 0 radical (unpaired) electrons. The number of hydrogen-bond donors (Lipinski definition) is 4. The van der Waals surface area contributed by atoms with Crippen LogP contribution in [0.2, 0.25) is 0 Å². The fourth-order valence-corrected chi connectivity index (χ4v) is 3.41. The van der Waals surface area contributed by atoms with Crippen LogP contribution in [0, 0.1) is 17.2 Å². The van der Waals surface area contributed by atoms with E-state index in [1.165, 1.54) is 6.20 Å². The smallest absolute Gasteiger partial charge is 0.290 e. The zero-order valence-corrected chi connectivity index (χ0v) is 17.3. The summed E-state index contributed by atoms with van der Waals surface area (Å²) in [6.07, 6.45) is 9.41. The van der Waals surface area contributed by atoms with Gasteiger partial charge in [-0.25, -0.2) is 15.0 Å². The van der Waals surface area contributed by atoms with Gasteiger partial charge in [-0.1, -0.05) is 6.92 Å². The Morgan fingerprint density at radius 1 is 1.35 bits per heavy atom. The van der Waals surface area contributed by atoms with Crippen molar-refractivity contribution in [3.05, 3.63) is 36.3 Å². The number of carbonyl (C=O) groups excluding carboxylic acids is 1. The van der Waals surface area contributed by atoms with E-state index in [0.717, 1.165) is 25.1 Å². The third kappa shape index (κ3) is 7.35. The number of carboxylic acid groups (broad SMARTS) is 1. The number of ether oxygens (including phenoxy) is 1. The third-order valence-electron chi connectivity index (χ3n) is 4.80. The summed E-state index contributed by atoms with van der Waals surface area (Å²) in [5.74, 6) is 1.01. The summed E-state index contributed by atoms with van der Waals surface area (Å²) in [7, 11) is 0. The van der Waals surface area contributed by atoms with Crippen molar-refractivity contribution in [1.82, 2.24) is 25.3 Å². The Morgan fingerprint density at radius 3 is 2.81 bits per heavy atom. The molecule has 0 aromatic carbocycles. The lowest BCUT2D eigenvalue weighted by molar-refractivity contribution is -0.127. The minimum atomic E-state index is -0.250. The number of aromatic nitrogens is 4. The average molecular weight is 429 g/mol. The number of nitrogens with one attached hydrogen (secondary N) is 3. The van der Waals surface area contributed by atoms with Crippen LogP contribution >= 0.6 is 0 Å². The van der Waals surface area contributed by atoms with Gasteiger partial charge < -0.3 is 25.5 Å². The molecule has 4 N–H and O–H groups in total. The number of hydrogen-bond acceptors (Lipinski definition) is 8. The van der Waals surface area contributed by atoms with Crippen molar-refractivity contribution in [1.29, 1.82) is 5.26 Å². The van der Waals surface area contributed by atoms with Gasteiger partial charge in [0, 0.05) is 37.3 Å². The molecular weight excluding hydrogens is 402 g/mol. The molecule has 0 bridgehead atoms. The van der Waals surface area contributed by atoms with Gasteiger partial charge >= 0.3 is 0 Å². The second-order valence-corrected chi connectivity index (χ2v) is 6.89. The van der Waals surface area contributed by atoms with Crippen LogP contribution in [-0.2, 0) is 20.9 Å². The fourth-order valence-electron chi connectivity index (χ4n) is 3.41. The molecule has 0 spiro atoms. The minimum absolute atomic E-state index is 0.00297. The van der Waals surface area contributed by atoms with E-state index in [1.807, 2.05) is 6.07 Å². The summed E-state index contributed by atoms with van der Waals surface area (Å²) >= 11 is 0. The lowest BCUT2D eigenvalue weighted by Gasteiger charge is -2.36. The molecule has 1 aliphatic rings. The number of rotatable bonds is 8. The van der Waals surface area contributed by atoms with Crippen LogP contribution < -0.4 is 10.6 Å². The fraction of sp³-hybridized carbons (Fsp3) is 0.500. The number of nitrogens with zero attached hydrogens (tertiary/aromatic N) is 4. The standard InChI is InChI=1S/C19H25N7O2.CH2O2/c1-2-9-28-16-4-3-13(19(27)25-12-17-22-6-7-23-17)10-14(16)26-18-15(11-20)21-5-8-24-18;2-1-3/h5-8,13-14,16H,2-4,9-10,12H2,1H3,(H,22,23)(H,24,26)(H,25,27);1H,(H,2,3)/t13-,14+,16+;/m0./s1. The second-order valence-electron chi connectivity index (χ2n) is 6.89. The Bertz CT molecular complexity index is 853. The molecule has 1 fully saturated rings. The van der Waals surface area contributed by atoms with Gasteiger partial charge in [0.05, 0.1) is 18.7 Å². The molecular formula is C20H27N7O4. The highest BCUT2D eigenvalue weighted by atomic mass is 16.5. The van der Waals surface area contributed by atoms with Crippen molar-refractivity contribution in [2.75, 3.05) is 11.9 Å². The van der Waals surface area contributed by atoms with E-state index in [0.29, 0.717) is 25.4 Å². The summed E-state index contributed by atoms with van der Waals surface area (Å²) in [4.78, 5) is 36.4. The minimum Gasteiger partial charge on any atom is -0.483 e. The van der Waals surface area contributed by atoms with Crippen molar-refractivity contribution < 1.29 is 19.4 Å². The maximum atomic E-state index is 12.6. The molecule has 2 aromatic heterocycles. The topological polar surface area (TPSA) is 166 Å². The van der Waals surface area contributed by atoms with Crippen LogP contribution in [0.5, 0.6) is 0 Å². The Kier molecular flexibility index (Phi) is 9.90. The van der Waals surface area contributed by atoms with Crippen LogP contribution in [0.15, 0.2) is 24.8 Å². The normalized spacial score (nSPS) is 19.9. The Labute approximate surface area is 180 Å². The van der Waals surface area contributed by atoms with E-state index >= 15 is 0 Å². The highest BCUT2D eigenvalue weighted by molar-refractivity contribution is 5.78. The second kappa shape index (κ2) is 12.9. The summed E-state index contributed by atoms with van der Waals surface area (Å²) in [5.41, 5.74) is 0.237. The number of imidazole rings is 1. The molecule has 0 saturated heterocycles. The van der Waals surface area contributed by atoms with E-state index in [1.54, 1.807) is 18.6 Å². The number of anilines is 1. The molecule has 0 aliphatic heterocycles. The van der Waals surface area contributed by atoms with Gasteiger partial charge in [-0.05, 0) is 25.7 Å². The molecule has 11 nitrogen and oxygen atoms in total. The van der Waals surface area contributed by atoms with Gasteiger partial charge in [-0.3, -0.25) is 9.59 Å². The largest absolute Gasteiger partial charge is 0.483 e. The van der Waals surface area contributed by atoms with Crippen molar-refractivity contribution in [3.8, 4) is 6.07 Å². The SMILES string of the molecule is CCCO[C@@H]1CC[C@H](C(=O)NCc2ncc[nH]2)C[C@H]1Nc1nccnc1C#N.O=CO. The van der Waals surface area contributed by atoms with Crippen LogP contribution in [-0.4, -0.2) is 56.2 Å². The monoisotopic (exact) mass is 429 g/mol. The van der Waals surface area contributed by atoms with Crippen molar-refractivity contribution >= 4 is 18.2 Å².